The van der Waals surface area contributed by atoms with Gasteiger partial charge in [-0.3, -0.25) is 9.35 Å². The topological polar surface area (TPSA) is 110 Å². The molecule has 1 unspecified atom stereocenters. The van der Waals surface area contributed by atoms with Crippen molar-refractivity contribution in [2.45, 2.75) is 59.9 Å². The first-order valence-electron chi connectivity index (χ1n) is 10.5. The van der Waals surface area contributed by atoms with Gasteiger partial charge in [-0.15, -0.1) is 0 Å². The molecule has 7 nitrogen and oxygen atoms in total. The molecule has 1 aliphatic carbocycles. The van der Waals surface area contributed by atoms with Crippen LogP contribution < -0.4 is 5.32 Å². The number of methoxy groups -OCH3 is 1. The zero-order chi connectivity index (χ0) is 24.5. The van der Waals surface area contributed by atoms with Gasteiger partial charge in [0, 0.05) is 6.08 Å². The van der Waals surface area contributed by atoms with Crippen molar-refractivity contribution in [1.29, 1.82) is 0 Å². The van der Waals surface area contributed by atoms with Gasteiger partial charge in [-0.2, -0.15) is 8.42 Å². The fourth-order valence-corrected chi connectivity index (χ4v) is 4.26. The molecule has 0 aromatic heterocycles. The first-order chi connectivity index (χ1) is 14.7. The number of carbonyl (C=O) groups is 2. The van der Waals surface area contributed by atoms with E-state index in [4.69, 9.17) is 4.55 Å². The van der Waals surface area contributed by atoms with E-state index in [0.29, 0.717) is 5.57 Å². The smallest absolute Gasteiger partial charge is 0.329 e. The second kappa shape index (κ2) is 12.0. The Balaban J connectivity index is 2.80. The van der Waals surface area contributed by atoms with Crippen LogP contribution in [0.15, 0.2) is 58.7 Å². The number of esters is 1. The van der Waals surface area contributed by atoms with E-state index in [1.165, 1.54) is 30.1 Å². The van der Waals surface area contributed by atoms with Crippen LogP contribution in [0.3, 0.4) is 0 Å². The van der Waals surface area contributed by atoms with Gasteiger partial charge in [0.15, 0.2) is 0 Å². The van der Waals surface area contributed by atoms with E-state index in [1.54, 1.807) is 13.0 Å². The molecule has 0 radical (unpaired) electrons. The largest absolute Gasteiger partial charge is 0.467 e. The lowest BCUT2D eigenvalue weighted by Gasteiger charge is -2.32. The zero-order valence-electron chi connectivity index (χ0n) is 19.8. The molecular formula is C24H35NO6S. The van der Waals surface area contributed by atoms with Crippen LogP contribution in [0.1, 0.15) is 53.9 Å². The summed E-state index contributed by atoms with van der Waals surface area (Å²) in [6.07, 6.45) is 14.5. The minimum absolute atomic E-state index is 0.180. The average molecular weight is 466 g/mol. The molecule has 0 spiro atoms. The molecule has 0 saturated carbocycles. The lowest BCUT2D eigenvalue weighted by Crippen LogP contribution is -2.45. The van der Waals surface area contributed by atoms with E-state index in [-0.39, 0.29) is 5.41 Å². The second-order valence-corrected chi connectivity index (χ2v) is 10.3. The summed E-state index contributed by atoms with van der Waals surface area (Å²) in [5, 5.41) is 2.23. The van der Waals surface area contributed by atoms with Crippen LogP contribution in [-0.2, 0) is 24.4 Å². The van der Waals surface area contributed by atoms with Gasteiger partial charge in [-0.1, -0.05) is 55.4 Å². The van der Waals surface area contributed by atoms with Crippen LogP contribution in [0.2, 0.25) is 0 Å². The molecule has 32 heavy (non-hydrogen) atoms. The molecule has 178 valence electrons. The van der Waals surface area contributed by atoms with Crippen molar-refractivity contribution >= 4 is 22.0 Å². The maximum atomic E-state index is 12.1. The Morgan fingerprint density at radius 2 is 1.88 bits per heavy atom. The van der Waals surface area contributed by atoms with Gasteiger partial charge in [0.05, 0.1) is 7.11 Å². The maximum absolute atomic E-state index is 12.1. The van der Waals surface area contributed by atoms with Gasteiger partial charge in [0.1, 0.15) is 11.8 Å². The SMILES string of the molecule is COC(=O)C(CS(=O)(=O)O)NC(=O)/C=C(C)/C=C/C=C(C)/C=C/C1=C(C)CCCC1(C)C. The van der Waals surface area contributed by atoms with Crippen molar-refractivity contribution in [3.63, 3.8) is 0 Å². The van der Waals surface area contributed by atoms with Gasteiger partial charge in [0.25, 0.3) is 10.1 Å². The fourth-order valence-electron chi connectivity index (χ4n) is 3.62. The van der Waals surface area contributed by atoms with E-state index in [1.807, 2.05) is 19.1 Å². The maximum Gasteiger partial charge on any atom is 0.329 e. The predicted octanol–water partition coefficient (Wildman–Crippen LogP) is 4.06. The van der Waals surface area contributed by atoms with Crippen LogP contribution in [0.5, 0.6) is 0 Å². The van der Waals surface area contributed by atoms with Crippen LogP contribution in [-0.4, -0.2) is 43.8 Å². The molecule has 0 heterocycles. The van der Waals surface area contributed by atoms with Gasteiger partial charge in [0.2, 0.25) is 5.91 Å². The van der Waals surface area contributed by atoms with Crippen LogP contribution in [0.25, 0.3) is 0 Å². The molecule has 0 aromatic rings. The van der Waals surface area contributed by atoms with Gasteiger partial charge in [-0.25, -0.2) is 4.79 Å². The summed E-state index contributed by atoms with van der Waals surface area (Å²) in [5.41, 5.74) is 4.65. The van der Waals surface area contributed by atoms with Crippen LogP contribution >= 0.6 is 0 Å². The van der Waals surface area contributed by atoms with E-state index in [9.17, 15) is 18.0 Å². The molecule has 1 amide bonds. The summed E-state index contributed by atoms with van der Waals surface area (Å²) >= 11 is 0. The monoisotopic (exact) mass is 465 g/mol. The normalized spacial score (nSPS) is 18.8. The standard InChI is InChI=1S/C24H35NO6S/c1-17(12-13-20-19(3)11-8-14-24(20,4)5)9-7-10-18(2)15-22(26)25-21(23(27)31-6)16-32(28,29)30/h7,9-10,12-13,15,21H,8,11,14,16H2,1-6H3,(H,25,26)(H,28,29,30)/b10-7+,13-12+,17-9+,18-15+. The molecule has 8 heteroatoms. The number of allylic oxidation sites excluding steroid dienone is 9. The number of amides is 1. The minimum atomic E-state index is -4.47. The lowest BCUT2D eigenvalue weighted by atomic mass is 9.72. The van der Waals surface area contributed by atoms with Crippen molar-refractivity contribution in [1.82, 2.24) is 5.32 Å². The molecule has 0 fully saturated rings. The van der Waals surface area contributed by atoms with Gasteiger partial charge >= 0.3 is 5.97 Å². The van der Waals surface area contributed by atoms with Crippen molar-refractivity contribution < 1.29 is 27.3 Å². The molecule has 2 N–H and O–H groups in total. The van der Waals surface area contributed by atoms with E-state index in [2.05, 4.69) is 43.0 Å². The van der Waals surface area contributed by atoms with Crippen molar-refractivity contribution in [2.75, 3.05) is 12.9 Å². The lowest BCUT2D eigenvalue weighted by molar-refractivity contribution is -0.143. The number of carbonyl (C=O) groups excluding carboxylic acids is 2. The Morgan fingerprint density at radius 3 is 2.44 bits per heavy atom. The molecular weight excluding hydrogens is 430 g/mol. The number of rotatable bonds is 9. The molecule has 0 aromatic carbocycles. The van der Waals surface area contributed by atoms with Crippen molar-refractivity contribution in [3.8, 4) is 0 Å². The number of ether oxygens (including phenoxy) is 1. The summed E-state index contributed by atoms with van der Waals surface area (Å²) in [6, 6.07) is -1.50. The summed E-state index contributed by atoms with van der Waals surface area (Å²) in [5.74, 6) is -2.60. The summed E-state index contributed by atoms with van der Waals surface area (Å²) in [6.45, 7) is 10.4. The highest BCUT2D eigenvalue weighted by atomic mass is 32.2. The highest BCUT2D eigenvalue weighted by molar-refractivity contribution is 7.85. The zero-order valence-corrected chi connectivity index (χ0v) is 20.6. The first kappa shape index (κ1) is 27.6. The quantitative estimate of drug-likeness (QED) is 0.230. The van der Waals surface area contributed by atoms with Crippen molar-refractivity contribution in [2.24, 2.45) is 5.41 Å². The number of hydrogen-bond acceptors (Lipinski definition) is 5. The third kappa shape index (κ3) is 9.78. The summed E-state index contributed by atoms with van der Waals surface area (Å²) < 4.78 is 35.5. The Kier molecular flexibility index (Phi) is 10.3. The van der Waals surface area contributed by atoms with E-state index < -0.39 is 33.8 Å². The van der Waals surface area contributed by atoms with Crippen LogP contribution in [0.4, 0.5) is 0 Å². The molecule has 0 saturated heterocycles. The average Bonchev–Trinajstić information content (AvgIpc) is 2.64. The predicted molar refractivity (Wildman–Crippen MR) is 126 cm³/mol. The Labute approximate surface area is 191 Å². The Hall–Kier alpha value is -2.45. The number of nitrogens with one attached hydrogen (secondary N) is 1. The first-order valence-corrected chi connectivity index (χ1v) is 12.1. The summed E-state index contributed by atoms with van der Waals surface area (Å²) in [7, 11) is -3.41. The number of hydrogen-bond donors (Lipinski definition) is 2. The highest BCUT2D eigenvalue weighted by Gasteiger charge is 2.27. The van der Waals surface area contributed by atoms with Gasteiger partial charge < -0.3 is 10.1 Å². The van der Waals surface area contributed by atoms with E-state index in [0.717, 1.165) is 19.1 Å². The molecule has 1 aliphatic rings. The third-order valence-corrected chi connectivity index (χ3v) is 6.07. The minimum Gasteiger partial charge on any atom is -0.467 e. The second-order valence-electron chi connectivity index (χ2n) is 8.76. The molecule has 0 aliphatic heterocycles. The Bertz CT molecular complexity index is 964. The molecule has 1 rings (SSSR count). The van der Waals surface area contributed by atoms with E-state index >= 15 is 0 Å². The Morgan fingerprint density at radius 1 is 1.22 bits per heavy atom. The molecule has 1 atom stereocenters. The highest BCUT2D eigenvalue weighted by Crippen LogP contribution is 2.40. The molecule has 0 bridgehead atoms. The fraction of sp³-hybridized carbons (Fsp3) is 0.500. The van der Waals surface area contributed by atoms with Gasteiger partial charge in [-0.05, 0) is 56.6 Å². The van der Waals surface area contributed by atoms with Crippen molar-refractivity contribution in [3.05, 3.63) is 58.7 Å². The third-order valence-electron chi connectivity index (χ3n) is 5.31. The van der Waals surface area contributed by atoms with Crippen LogP contribution in [0, 0.1) is 5.41 Å². The summed E-state index contributed by atoms with van der Waals surface area (Å²) in [4.78, 5) is 23.7.